The van der Waals surface area contributed by atoms with Crippen molar-refractivity contribution in [3.63, 3.8) is 0 Å². The van der Waals surface area contributed by atoms with Crippen LogP contribution in [0.3, 0.4) is 0 Å². The van der Waals surface area contributed by atoms with Crippen LogP contribution >= 0.6 is 12.4 Å². The van der Waals surface area contributed by atoms with Crippen LogP contribution in [0.5, 0.6) is 0 Å². The Morgan fingerprint density at radius 1 is 1.26 bits per heavy atom. The minimum Gasteiger partial charge on any atom is -0.383 e. The number of hydrazine groups is 1. The van der Waals surface area contributed by atoms with Crippen LogP contribution in [0.25, 0.3) is 0 Å². The summed E-state index contributed by atoms with van der Waals surface area (Å²) in [6.45, 7) is 0.300. The minimum atomic E-state index is -0.533. The molecular weight excluding hydrogens is 320 g/mol. The van der Waals surface area contributed by atoms with E-state index in [0.717, 1.165) is 10.8 Å². The number of aryl methyl sites for hydroxylation is 1. The summed E-state index contributed by atoms with van der Waals surface area (Å²) in [7, 11) is 0. The number of urea groups is 1. The topological polar surface area (TPSA) is 83.6 Å². The SMILES string of the molecule is Cl.O=C(CCCc1ccccn1)NNC(=O)N1CC=CC=CO1. The Kier molecular flexibility index (Phi) is 8.23. The molecule has 8 heteroatoms. The maximum absolute atomic E-state index is 11.7. The third kappa shape index (κ3) is 6.84. The van der Waals surface area contributed by atoms with E-state index in [2.05, 4.69) is 15.8 Å². The van der Waals surface area contributed by atoms with Crippen molar-refractivity contribution in [2.24, 2.45) is 0 Å². The molecule has 0 aromatic carbocycles. The van der Waals surface area contributed by atoms with Crippen LogP contribution in [0.4, 0.5) is 4.79 Å². The van der Waals surface area contributed by atoms with Gasteiger partial charge in [0, 0.05) is 18.3 Å². The van der Waals surface area contributed by atoms with Crippen molar-refractivity contribution in [1.82, 2.24) is 20.9 Å². The fourth-order valence-corrected chi connectivity index (χ4v) is 1.79. The molecule has 3 amide bonds. The molecule has 2 N–H and O–H groups in total. The van der Waals surface area contributed by atoms with Gasteiger partial charge >= 0.3 is 6.03 Å². The second kappa shape index (κ2) is 10.2. The molecule has 124 valence electrons. The average Bonchev–Trinajstić information content (AvgIpc) is 2.83. The Bertz CT molecular complexity index is 549. The number of allylic oxidation sites excluding steroid dienone is 2. The standard InChI is InChI=1S/C15H18N4O3.ClH/c20-14(9-6-8-13-7-2-3-10-16-13)17-18-15(21)19-11-4-1-5-12-22-19;/h1-5,7,10,12H,6,8-9,11H2,(H,17,20)(H,18,21);1H. The van der Waals surface area contributed by atoms with E-state index in [4.69, 9.17) is 4.84 Å². The molecule has 0 saturated carbocycles. The number of carbonyl (C=O) groups excluding carboxylic acids is 2. The van der Waals surface area contributed by atoms with Crippen LogP contribution < -0.4 is 10.9 Å². The molecule has 0 unspecified atom stereocenters. The van der Waals surface area contributed by atoms with Crippen molar-refractivity contribution in [3.05, 3.63) is 54.6 Å². The Morgan fingerprint density at radius 3 is 2.91 bits per heavy atom. The van der Waals surface area contributed by atoms with Gasteiger partial charge in [0.15, 0.2) is 0 Å². The Balaban J connectivity index is 0.00000264. The van der Waals surface area contributed by atoms with Gasteiger partial charge in [-0.15, -0.1) is 12.4 Å². The molecule has 7 nitrogen and oxygen atoms in total. The van der Waals surface area contributed by atoms with Crippen LogP contribution in [0, 0.1) is 0 Å². The summed E-state index contributed by atoms with van der Waals surface area (Å²) in [5.74, 6) is -0.259. The van der Waals surface area contributed by atoms with Gasteiger partial charge in [0.1, 0.15) is 6.26 Å². The van der Waals surface area contributed by atoms with E-state index in [-0.39, 0.29) is 18.3 Å². The summed E-state index contributed by atoms with van der Waals surface area (Å²) >= 11 is 0. The number of amides is 3. The normalized spacial score (nSPS) is 12.6. The fourth-order valence-electron chi connectivity index (χ4n) is 1.79. The van der Waals surface area contributed by atoms with Crippen molar-refractivity contribution in [2.75, 3.05) is 6.54 Å². The van der Waals surface area contributed by atoms with E-state index in [9.17, 15) is 9.59 Å². The average molecular weight is 339 g/mol. The van der Waals surface area contributed by atoms with Gasteiger partial charge in [-0.3, -0.25) is 15.2 Å². The molecule has 2 rings (SSSR count). The lowest BCUT2D eigenvalue weighted by atomic mass is 10.2. The number of aromatic nitrogens is 1. The van der Waals surface area contributed by atoms with E-state index < -0.39 is 6.03 Å². The number of pyridine rings is 1. The van der Waals surface area contributed by atoms with Gasteiger partial charge in [0.05, 0.1) is 6.54 Å². The fraction of sp³-hybridized carbons (Fsp3) is 0.267. The molecule has 1 aromatic rings. The largest absolute Gasteiger partial charge is 0.383 e. The first-order valence-electron chi connectivity index (χ1n) is 7.00. The van der Waals surface area contributed by atoms with Crippen LogP contribution in [0.2, 0.25) is 0 Å². The van der Waals surface area contributed by atoms with E-state index in [1.54, 1.807) is 24.4 Å². The monoisotopic (exact) mass is 338 g/mol. The maximum atomic E-state index is 11.7. The van der Waals surface area contributed by atoms with E-state index in [0.29, 0.717) is 25.8 Å². The maximum Gasteiger partial charge on any atom is 0.369 e. The van der Waals surface area contributed by atoms with Crippen molar-refractivity contribution in [3.8, 4) is 0 Å². The van der Waals surface area contributed by atoms with Crippen LogP contribution in [0.1, 0.15) is 18.5 Å². The second-order valence-corrected chi connectivity index (χ2v) is 4.58. The highest BCUT2D eigenvalue weighted by molar-refractivity contribution is 5.85. The van der Waals surface area contributed by atoms with Gasteiger partial charge in [-0.1, -0.05) is 18.2 Å². The van der Waals surface area contributed by atoms with E-state index in [1.807, 2.05) is 18.2 Å². The lowest BCUT2D eigenvalue weighted by Crippen LogP contribution is -2.48. The summed E-state index contributed by atoms with van der Waals surface area (Å²) in [6.07, 6.45) is 9.98. The van der Waals surface area contributed by atoms with Crippen molar-refractivity contribution in [1.29, 1.82) is 0 Å². The van der Waals surface area contributed by atoms with E-state index >= 15 is 0 Å². The predicted octanol–water partition coefficient (Wildman–Crippen LogP) is 1.88. The molecule has 0 aliphatic carbocycles. The zero-order valence-corrected chi connectivity index (χ0v) is 13.3. The number of nitrogens with zero attached hydrogens (tertiary/aromatic N) is 2. The zero-order chi connectivity index (χ0) is 15.6. The summed E-state index contributed by atoms with van der Waals surface area (Å²) in [4.78, 5) is 32.6. The molecule has 1 aromatic heterocycles. The minimum absolute atomic E-state index is 0. The van der Waals surface area contributed by atoms with Crippen molar-refractivity contribution < 1.29 is 14.4 Å². The summed E-state index contributed by atoms with van der Waals surface area (Å²) in [6, 6.07) is 5.14. The van der Waals surface area contributed by atoms with Gasteiger partial charge in [0.25, 0.3) is 0 Å². The molecule has 0 fully saturated rings. The lowest BCUT2D eigenvalue weighted by Gasteiger charge is -2.18. The third-order valence-electron chi connectivity index (χ3n) is 2.88. The van der Waals surface area contributed by atoms with Crippen molar-refractivity contribution >= 4 is 24.3 Å². The summed E-state index contributed by atoms with van der Waals surface area (Å²) < 4.78 is 0. The zero-order valence-electron chi connectivity index (χ0n) is 12.5. The van der Waals surface area contributed by atoms with Gasteiger partial charge in [-0.2, -0.15) is 5.06 Å². The van der Waals surface area contributed by atoms with Crippen LogP contribution in [0.15, 0.2) is 48.9 Å². The van der Waals surface area contributed by atoms with Gasteiger partial charge in [0.2, 0.25) is 5.91 Å². The van der Waals surface area contributed by atoms with Crippen LogP contribution in [-0.2, 0) is 16.1 Å². The summed E-state index contributed by atoms with van der Waals surface area (Å²) in [5, 5.41) is 1.09. The highest BCUT2D eigenvalue weighted by atomic mass is 35.5. The Labute approximate surface area is 140 Å². The van der Waals surface area contributed by atoms with Gasteiger partial charge in [-0.25, -0.2) is 10.2 Å². The van der Waals surface area contributed by atoms with Crippen molar-refractivity contribution in [2.45, 2.75) is 19.3 Å². The number of hydrogen-bond donors (Lipinski definition) is 2. The van der Waals surface area contributed by atoms with E-state index in [1.165, 1.54) is 6.26 Å². The number of halogens is 1. The van der Waals surface area contributed by atoms with Gasteiger partial charge in [-0.05, 0) is 31.1 Å². The molecule has 23 heavy (non-hydrogen) atoms. The highest BCUT2D eigenvalue weighted by Gasteiger charge is 2.14. The number of rotatable bonds is 4. The molecule has 0 atom stereocenters. The number of carbonyl (C=O) groups is 2. The first-order valence-corrected chi connectivity index (χ1v) is 7.00. The smallest absolute Gasteiger partial charge is 0.369 e. The van der Waals surface area contributed by atoms with Crippen LogP contribution in [-0.4, -0.2) is 28.5 Å². The lowest BCUT2D eigenvalue weighted by molar-refractivity contribution is -0.122. The molecule has 1 aliphatic rings. The molecule has 2 heterocycles. The quantitative estimate of drug-likeness (QED) is 0.821. The van der Waals surface area contributed by atoms with Gasteiger partial charge < -0.3 is 4.84 Å². The second-order valence-electron chi connectivity index (χ2n) is 4.58. The number of nitrogens with one attached hydrogen (secondary N) is 2. The molecule has 0 radical (unpaired) electrons. The molecule has 0 bridgehead atoms. The molecule has 0 spiro atoms. The first-order chi connectivity index (χ1) is 10.8. The molecule has 1 aliphatic heterocycles. The first kappa shape index (κ1) is 18.5. The Hall–Kier alpha value is -2.54. The predicted molar refractivity (Wildman–Crippen MR) is 87.2 cm³/mol. The molecule has 0 saturated heterocycles. The molecular formula is C15H19ClN4O3. The highest BCUT2D eigenvalue weighted by Crippen LogP contribution is 2.01. The number of hydroxylamine groups is 2. The Morgan fingerprint density at radius 2 is 2.13 bits per heavy atom. The number of hydrogen-bond acceptors (Lipinski definition) is 4. The third-order valence-corrected chi connectivity index (χ3v) is 2.88. The summed E-state index contributed by atoms with van der Waals surface area (Å²) in [5.41, 5.74) is 5.61.